The van der Waals surface area contributed by atoms with Crippen LogP contribution in [0, 0.1) is 13.8 Å². The Kier molecular flexibility index (Phi) is 4.49. The molecule has 0 aliphatic rings. The van der Waals surface area contributed by atoms with Gasteiger partial charge in [-0.1, -0.05) is 0 Å². The molecule has 0 aliphatic carbocycles. The monoisotopic (exact) mass is 239 g/mol. The van der Waals surface area contributed by atoms with Crippen LogP contribution in [0.4, 0.5) is 0 Å². The van der Waals surface area contributed by atoms with Gasteiger partial charge in [0.1, 0.15) is 11.5 Å². The molecule has 1 aromatic heterocycles. The highest BCUT2D eigenvalue weighted by Gasteiger charge is 2.07. The van der Waals surface area contributed by atoms with Crippen molar-refractivity contribution in [2.75, 3.05) is 6.54 Å². The summed E-state index contributed by atoms with van der Waals surface area (Å²) in [6, 6.07) is 1.96. The second-order valence-electron chi connectivity index (χ2n) is 3.50. The van der Waals surface area contributed by atoms with Crippen LogP contribution in [-0.4, -0.2) is 17.4 Å². The predicted molar refractivity (Wildman–Crippen MR) is 69.8 cm³/mol. The third kappa shape index (κ3) is 3.34. The van der Waals surface area contributed by atoms with E-state index >= 15 is 0 Å². The Morgan fingerprint density at radius 3 is 2.69 bits per heavy atom. The highest BCUT2D eigenvalue weighted by molar-refractivity contribution is 7.80. The van der Waals surface area contributed by atoms with Crippen molar-refractivity contribution in [2.24, 2.45) is 5.10 Å². The van der Waals surface area contributed by atoms with Crippen LogP contribution in [0.3, 0.4) is 0 Å². The van der Waals surface area contributed by atoms with Gasteiger partial charge >= 0.3 is 0 Å². The zero-order valence-electron chi connectivity index (χ0n) is 10.0. The van der Waals surface area contributed by atoms with Crippen LogP contribution in [0.1, 0.15) is 30.9 Å². The van der Waals surface area contributed by atoms with Gasteiger partial charge in [0.25, 0.3) is 0 Å². The molecule has 0 aliphatic heterocycles. The van der Waals surface area contributed by atoms with E-state index in [1.54, 1.807) is 0 Å². The maximum absolute atomic E-state index is 5.43. The molecule has 0 radical (unpaired) electrons. The summed E-state index contributed by atoms with van der Waals surface area (Å²) in [5.41, 5.74) is 4.65. The van der Waals surface area contributed by atoms with Crippen molar-refractivity contribution in [3.05, 3.63) is 23.2 Å². The lowest BCUT2D eigenvalue weighted by atomic mass is 10.2. The zero-order valence-corrected chi connectivity index (χ0v) is 10.9. The fraction of sp³-hybridized carbons (Fsp3) is 0.455. The summed E-state index contributed by atoms with van der Waals surface area (Å²) in [6.07, 6.45) is 0. The van der Waals surface area contributed by atoms with Crippen LogP contribution < -0.4 is 10.7 Å². The molecule has 16 heavy (non-hydrogen) atoms. The van der Waals surface area contributed by atoms with E-state index in [9.17, 15) is 0 Å². The average molecular weight is 239 g/mol. The number of aryl methyl sites for hydroxylation is 2. The van der Waals surface area contributed by atoms with Gasteiger partial charge in [-0.05, 0) is 46.0 Å². The lowest BCUT2D eigenvalue weighted by molar-refractivity contribution is 0.504. The van der Waals surface area contributed by atoms with Gasteiger partial charge in [-0.25, -0.2) is 0 Å². The first-order chi connectivity index (χ1) is 7.54. The fourth-order valence-electron chi connectivity index (χ4n) is 1.38. The minimum absolute atomic E-state index is 0.528. The van der Waals surface area contributed by atoms with Crippen LogP contribution in [-0.2, 0) is 0 Å². The SMILES string of the molecule is CCNC(=S)N/N=C(/C)c1cc(C)oc1C. The Labute approximate surface area is 101 Å². The quantitative estimate of drug-likeness (QED) is 0.482. The van der Waals surface area contributed by atoms with Crippen LogP contribution in [0.5, 0.6) is 0 Å². The van der Waals surface area contributed by atoms with Crippen molar-refractivity contribution in [1.29, 1.82) is 0 Å². The summed E-state index contributed by atoms with van der Waals surface area (Å²) in [5, 5.41) is 7.68. The largest absolute Gasteiger partial charge is 0.466 e. The second-order valence-corrected chi connectivity index (χ2v) is 3.90. The Morgan fingerprint density at radius 2 is 2.19 bits per heavy atom. The van der Waals surface area contributed by atoms with Crippen LogP contribution >= 0.6 is 12.2 Å². The number of nitrogens with zero attached hydrogens (tertiary/aromatic N) is 1. The Morgan fingerprint density at radius 1 is 1.50 bits per heavy atom. The molecule has 2 N–H and O–H groups in total. The van der Waals surface area contributed by atoms with Crippen LogP contribution in [0.2, 0.25) is 0 Å². The Hall–Kier alpha value is -1.36. The van der Waals surface area contributed by atoms with E-state index < -0.39 is 0 Å². The molecular formula is C11H17N3OS. The summed E-state index contributed by atoms with van der Waals surface area (Å²) in [6.45, 7) is 8.52. The smallest absolute Gasteiger partial charge is 0.186 e. The first-order valence-electron chi connectivity index (χ1n) is 5.20. The van der Waals surface area contributed by atoms with Gasteiger partial charge in [-0.15, -0.1) is 0 Å². The topological polar surface area (TPSA) is 49.6 Å². The maximum atomic E-state index is 5.43. The van der Waals surface area contributed by atoms with E-state index in [-0.39, 0.29) is 0 Å². The maximum Gasteiger partial charge on any atom is 0.186 e. The van der Waals surface area contributed by atoms with Gasteiger partial charge in [0.15, 0.2) is 5.11 Å². The minimum atomic E-state index is 0.528. The third-order valence-corrected chi connectivity index (χ3v) is 2.33. The van der Waals surface area contributed by atoms with Crippen molar-refractivity contribution in [2.45, 2.75) is 27.7 Å². The molecule has 1 aromatic rings. The first kappa shape index (κ1) is 12.7. The number of nitrogens with one attached hydrogen (secondary N) is 2. The summed E-state index contributed by atoms with van der Waals surface area (Å²) in [7, 11) is 0. The molecule has 0 atom stereocenters. The van der Waals surface area contributed by atoms with Crippen LogP contribution in [0.25, 0.3) is 0 Å². The number of thiocarbonyl (C=S) groups is 1. The molecule has 0 aromatic carbocycles. The van der Waals surface area contributed by atoms with Crippen molar-refractivity contribution >= 4 is 23.0 Å². The molecule has 5 heteroatoms. The van der Waals surface area contributed by atoms with Crippen LogP contribution in [0.15, 0.2) is 15.6 Å². The highest BCUT2D eigenvalue weighted by atomic mass is 32.1. The van der Waals surface area contributed by atoms with E-state index in [0.29, 0.717) is 5.11 Å². The molecule has 0 saturated carbocycles. The van der Waals surface area contributed by atoms with E-state index in [0.717, 1.165) is 29.3 Å². The summed E-state index contributed by atoms with van der Waals surface area (Å²) in [5.74, 6) is 1.76. The van der Waals surface area contributed by atoms with Gasteiger partial charge in [-0.2, -0.15) is 5.10 Å². The predicted octanol–water partition coefficient (Wildman–Crippen LogP) is 2.10. The third-order valence-electron chi connectivity index (χ3n) is 2.09. The van der Waals surface area contributed by atoms with Crippen molar-refractivity contribution in [3.63, 3.8) is 0 Å². The van der Waals surface area contributed by atoms with Gasteiger partial charge in [-0.3, -0.25) is 5.43 Å². The van der Waals surface area contributed by atoms with E-state index in [1.165, 1.54) is 0 Å². The number of hydrogen-bond donors (Lipinski definition) is 2. The van der Waals surface area contributed by atoms with Crippen molar-refractivity contribution in [1.82, 2.24) is 10.7 Å². The van der Waals surface area contributed by atoms with Gasteiger partial charge in [0.05, 0.1) is 5.71 Å². The van der Waals surface area contributed by atoms with E-state index in [1.807, 2.05) is 33.8 Å². The normalized spacial score (nSPS) is 11.4. The minimum Gasteiger partial charge on any atom is -0.466 e. The molecule has 1 rings (SSSR count). The second kappa shape index (κ2) is 5.65. The lowest BCUT2D eigenvalue weighted by Gasteiger charge is -2.04. The molecule has 88 valence electrons. The molecule has 4 nitrogen and oxygen atoms in total. The Balaban J connectivity index is 2.70. The highest BCUT2D eigenvalue weighted by Crippen LogP contribution is 2.14. The van der Waals surface area contributed by atoms with Crippen molar-refractivity contribution < 1.29 is 4.42 Å². The summed E-state index contributed by atoms with van der Waals surface area (Å²) >= 11 is 5.01. The Bertz CT molecular complexity index is 409. The van der Waals surface area contributed by atoms with Crippen molar-refractivity contribution in [3.8, 4) is 0 Å². The molecule has 0 spiro atoms. The average Bonchev–Trinajstić information content (AvgIpc) is 2.55. The number of rotatable bonds is 3. The van der Waals surface area contributed by atoms with Gasteiger partial charge < -0.3 is 9.73 Å². The molecule has 0 saturated heterocycles. The number of hydrazone groups is 1. The summed E-state index contributed by atoms with van der Waals surface area (Å²) in [4.78, 5) is 0. The molecule has 0 bridgehead atoms. The lowest BCUT2D eigenvalue weighted by Crippen LogP contribution is -2.32. The molecule has 0 unspecified atom stereocenters. The summed E-state index contributed by atoms with van der Waals surface area (Å²) < 4.78 is 5.43. The first-order valence-corrected chi connectivity index (χ1v) is 5.61. The number of furan rings is 1. The van der Waals surface area contributed by atoms with Gasteiger partial charge in [0, 0.05) is 12.1 Å². The van der Waals surface area contributed by atoms with E-state index in [4.69, 9.17) is 16.6 Å². The molecule has 1 heterocycles. The number of hydrogen-bond acceptors (Lipinski definition) is 3. The standard InChI is InChI=1S/C11H17N3OS/c1-5-12-11(16)14-13-8(3)10-6-7(2)15-9(10)4/h6H,5H2,1-4H3,(H2,12,14,16)/b13-8-. The molecule has 0 fully saturated rings. The fourth-order valence-corrected chi connectivity index (χ4v) is 1.57. The zero-order chi connectivity index (χ0) is 12.1. The van der Waals surface area contributed by atoms with Gasteiger partial charge in [0.2, 0.25) is 0 Å². The van der Waals surface area contributed by atoms with E-state index in [2.05, 4.69) is 15.8 Å². The molecular weight excluding hydrogens is 222 g/mol. The molecule has 0 amide bonds.